The number of nitrogens with zero attached hydrogens (tertiary/aromatic N) is 2. The maximum atomic E-state index is 12.7. The van der Waals surface area contributed by atoms with E-state index in [9.17, 15) is 9.59 Å². The van der Waals surface area contributed by atoms with Gasteiger partial charge in [-0.2, -0.15) is 0 Å². The first-order chi connectivity index (χ1) is 11.5. The molecule has 122 valence electrons. The van der Waals surface area contributed by atoms with Crippen LogP contribution in [-0.4, -0.2) is 22.6 Å². The quantitative estimate of drug-likeness (QED) is 0.686. The smallest absolute Gasteiger partial charge is 0.339 e. The Morgan fingerprint density at radius 2 is 2.04 bits per heavy atom. The standard InChI is InChI=1S/C18H15ClN2O3/c1-11-13(18(23)24-2)9-14-16(20-11)7-8-21(17(14)22)10-12-5-3-4-6-15(12)19/h3-9H,10H2,1-2H3. The third-order valence-electron chi connectivity index (χ3n) is 3.85. The highest BCUT2D eigenvalue weighted by molar-refractivity contribution is 6.31. The summed E-state index contributed by atoms with van der Waals surface area (Å²) in [6, 6.07) is 10.6. The van der Waals surface area contributed by atoms with Crippen molar-refractivity contribution in [2.75, 3.05) is 7.11 Å². The predicted octanol–water partition coefficient (Wildman–Crippen LogP) is 3.19. The van der Waals surface area contributed by atoms with Crippen LogP contribution in [0.5, 0.6) is 0 Å². The normalized spacial score (nSPS) is 10.8. The lowest BCUT2D eigenvalue weighted by Crippen LogP contribution is -2.21. The lowest BCUT2D eigenvalue weighted by Gasteiger charge is -2.10. The molecule has 24 heavy (non-hydrogen) atoms. The zero-order chi connectivity index (χ0) is 17.3. The van der Waals surface area contributed by atoms with E-state index in [1.54, 1.807) is 29.8 Å². The fourth-order valence-corrected chi connectivity index (χ4v) is 2.75. The molecular formula is C18H15ClN2O3. The SMILES string of the molecule is COC(=O)c1cc2c(=O)n(Cc3ccccc3Cl)ccc2nc1C. The van der Waals surface area contributed by atoms with Gasteiger partial charge in [-0.05, 0) is 30.7 Å². The molecule has 0 aliphatic rings. The summed E-state index contributed by atoms with van der Waals surface area (Å²) >= 11 is 6.16. The van der Waals surface area contributed by atoms with Crippen LogP contribution in [0.15, 0.2) is 47.4 Å². The van der Waals surface area contributed by atoms with Crippen molar-refractivity contribution in [2.24, 2.45) is 0 Å². The second kappa shape index (κ2) is 6.45. The molecule has 0 aliphatic heterocycles. The van der Waals surface area contributed by atoms with Gasteiger partial charge >= 0.3 is 5.97 Å². The Balaban J connectivity index is 2.13. The minimum atomic E-state index is -0.511. The number of hydrogen-bond acceptors (Lipinski definition) is 4. The monoisotopic (exact) mass is 342 g/mol. The lowest BCUT2D eigenvalue weighted by molar-refractivity contribution is 0.0599. The van der Waals surface area contributed by atoms with Crippen LogP contribution in [0, 0.1) is 6.92 Å². The van der Waals surface area contributed by atoms with Gasteiger partial charge in [0.05, 0.1) is 35.8 Å². The number of pyridine rings is 2. The molecule has 0 fully saturated rings. The molecular weight excluding hydrogens is 328 g/mol. The summed E-state index contributed by atoms with van der Waals surface area (Å²) in [5, 5.41) is 0.970. The number of halogens is 1. The minimum absolute atomic E-state index is 0.231. The topological polar surface area (TPSA) is 61.2 Å². The number of hydrogen-bond donors (Lipinski definition) is 0. The van der Waals surface area contributed by atoms with Gasteiger partial charge in [0.15, 0.2) is 0 Å². The molecule has 1 aromatic carbocycles. The molecule has 5 nitrogen and oxygen atoms in total. The number of carbonyl (C=O) groups is 1. The largest absolute Gasteiger partial charge is 0.465 e. The highest BCUT2D eigenvalue weighted by Gasteiger charge is 2.14. The number of methoxy groups -OCH3 is 1. The summed E-state index contributed by atoms with van der Waals surface area (Å²) in [6.45, 7) is 2.05. The van der Waals surface area contributed by atoms with Gasteiger partial charge in [0.1, 0.15) is 0 Å². The van der Waals surface area contributed by atoms with Gasteiger partial charge in [-0.1, -0.05) is 29.8 Å². The maximum Gasteiger partial charge on any atom is 0.339 e. The summed E-state index contributed by atoms with van der Waals surface area (Å²) in [5.74, 6) is -0.511. The first-order valence-corrected chi connectivity index (χ1v) is 7.71. The van der Waals surface area contributed by atoms with Gasteiger partial charge in [0.25, 0.3) is 5.56 Å². The molecule has 0 unspecified atom stereocenters. The van der Waals surface area contributed by atoms with Gasteiger partial charge in [-0.15, -0.1) is 0 Å². The molecule has 6 heteroatoms. The number of carbonyl (C=O) groups excluding carboxylic acids is 1. The summed E-state index contributed by atoms with van der Waals surface area (Å²) < 4.78 is 6.29. The molecule has 0 N–H and O–H groups in total. The van der Waals surface area contributed by atoms with Crippen molar-refractivity contribution < 1.29 is 9.53 Å². The molecule has 0 atom stereocenters. The van der Waals surface area contributed by atoms with Gasteiger partial charge in [0, 0.05) is 11.2 Å². The first-order valence-electron chi connectivity index (χ1n) is 7.34. The van der Waals surface area contributed by atoms with E-state index in [0.717, 1.165) is 5.56 Å². The molecule has 0 spiro atoms. The van der Waals surface area contributed by atoms with Crippen molar-refractivity contribution in [1.29, 1.82) is 0 Å². The summed E-state index contributed by atoms with van der Waals surface area (Å²) in [6.07, 6.45) is 1.68. The summed E-state index contributed by atoms with van der Waals surface area (Å²) in [4.78, 5) is 28.9. The van der Waals surface area contributed by atoms with Crippen LogP contribution in [0.25, 0.3) is 10.9 Å². The van der Waals surface area contributed by atoms with E-state index in [0.29, 0.717) is 28.2 Å². The van der Waals surface area contributed by atoms with Gasteiger partial charge in [-0.25, -0.2) is 4.79 Å². The van der Waals surface area contributed by atoms with Crippen molar-refractivity contribution in [3.63, 3.8) is 0 Å². The molecule has 0 saturated heterocycles. The van der Waals surface area contributed by atoms with Crippen molar-refractivity contribution in [2.45, 2.75) is 13.5 Å². The molecule has 3 aromatic rings. The number of rotatable bonds is 3. The van der Waals surface area contributed by atoms with E-state index in [1.165, 1.54) is 13.2 Å². The first kappa shape index (κ1) is 16.2. The van der Waals surface area contributed by atoms with E-state index in [1.807, 2.05) is 18.2 Å². The predicted molar refractivity (Wildman–Crippen MR) is 92.6 cm³/mol. The van der Waals surface area contributed by atoms with Crippen LogP contribution in [-0.2, 0) is 11.3 Å². The zero-order valence-electron chi connectivity index (χ0n) is 13.2. The maximum absolute atomic E-state index is 12.7. The van der Waals surface area contributed by atoms with Gasteiger partial charge < -0.3 is 9.30 Å². The number of aryl methyl sites for hydroxylation is 1. The minimum Gasteiger partial charge on any atom is -0.465 e. The Morgan fingerprint density at radius 3 is 2.75 bits per heavy atom. The van der Waals surface area contributed by atoms with Crippen LogP contribution in [0.4, 0.5) is 0 Å². The number of aromatic nitrogens is 2. The molecule has 2 aromatic heterocycles. The van der Waals surface area contributed by atoms with Crippen LogP contribution < -0.4 is 5.56 Å². The van der Waals surface area contributed by atoms with Crippen LogP contribution in [0.2, 0.25) is 5.02 Å². The average Bonchev–Trinajstić information content (AvgIpc) is 2.58. The van der Waals surface area contributed by atoms with E-state index in [2.05, 4.69) is 4.98 Å². The summed E-state index contributed by atoms with van der Waals surface area (Å²) in [5.41, 5.74) is 1.97. The molecule has 0 radical (unpaired) electrons. The number of fused-ring (bicyclic) bond motifs is 1. The van der Waals surface area contributed by atoms with E-state index in [-0.39, 0.29) is 11.1 Å². The Hall–Kier alpha value is -2.66. The van der Waals surface area contributed by atoms with E-state index >= 15 is 0 Å². The Kier molecular flexibility index (Phi) is 4.36. The van der Waals surface area contributed by atoms with E-state index < -0.39 is 5.97 Å². The number of ether oxygens (including phenoxy) is 1. The van der Waals surface area contributed by atoms with Gasteiger partial charge in [-0.3, -0.25) is 9.78 Å². The zero-order valence-corrected chi connectivity index (χ0v) is 14.0. The fraction of sp³-hybridized carbons (Fsp3) is 0.167. The molecule has 3 rings (SSSR count). The van der Waals surface area contributed by atoms with E-state index in [4.69, 9.17) is 16.3 Å². The molecule has 0 amide bonds. The molecule has 0 saturated carbocycles. The second-order valence-corrected chi connectivity index (χ2v) is 5.79. The van der Waals surface area contributed by atoms with Crippen LogP contribution >= 0.6 is 11.6 Å². The Labute approximate surface area is 143 Å². The second-order valence-electron chi connectivity index (χ2n) is 5.39. The number of esters is 1. The third kappa shape index (κ3) is 2.90. The number of benzene rings is 1. The average molecular weight is 343 g/mol. The van der Waals surface area contributed by atoms with Crippen LogP contribution in [0.3, 0.4) is 0 Å². The molecule has 0 bridgehead atoms. The van der Waals surface area contributed by atoms with Crippen LogP contribution in [0.1, 0.15) is 21.6 Å². The fourth-order valence-electron chi connectivity index (χ4n) is 2.56. The third-order valence-corrected chi connectivity index (χ3v) is 4.22. The van der Waals surface area contributed by atoms with Crippen molar-refractivity contribution in [1.82, 2.24) is 9.55 Å². The lowest BCUT2D eigenvalue weighted by atomic mass is 10.1. The van der Waals surface area contributed by atoms with Crippen molar-refractivity contribution >= 4 is 28.5 Å². The highest BCUT2D eigenvalue weighted by Crippen LogP contribution is 2.17. The summed E-state index contributed by atoms with van der Waals surface area (Å²) in [7, 11) is 1.30. The van der Waals surface area contributed by atoms with Gasteiger partial charge in [0.2, 0.25) is 0 Å². The van der Waals surface area contributed by atoms with Crippen molar-refractivity contribution in [3.05, 3.63) is 74.8 Å². The molecule has 2 heterocycles. The molecule has 0 aliphatic carbocycles. The van der Waals surface area contributed by atoms with Crippen molar-refractivity contribution in [3.8, 4) is 0 Å². The Bertz CT molecular complexity index is 995. The highest BCUT2D eigenvalue weighted by atomic mass is 35.5. The Morgan fingerprint density at radius 1 is 1.29 bits per heavy atom.